The Morgan fingerprint density at radius 1 is 0.387 bits per heavy atom. The van der Waals surface area contributed by atoms with Crippen LogP contribution in [0.4, 0.5) is 11.4 Å². The van der Waals surface area contributed by atoms with Crippen molar-refractivity contribution in [2.75, 3.05) is 22.9 Å². The first-order chi connectivity index (χ1) is 30.3. The summed E-state index contributed by atoms with van der Waals surface area (Å²) in [6.07, 6.45) is 41.2. The van der Waals surface area contributed by atoms with E-state index in [1.54, 1.807) is 0 Å². The van der Waals surface area contributed by atoms with Crippen LogP contribution in [-0.2, 0) is 0 Å². The number of benzene rings is 2. The van der Waals surface area contributed by atoms with Crippen LogP contribution in [0.1, 0.15) is 254 Å². The maximum absolute atomic E-state index is 15.0. The fraction of sp³-hybridized carbons (Fsp3) is 0.714. The van der Waals surface area contributed by atoms with E-state index in [1.165, 1.54) is 205 Å². The maximum atomic E-state index is 15.0. The molecule has 0 amide bonds. The average molecular weight is 981 g/mol. The van der Waals surface area contributed by atoms with Gasteiger partial charge in [0.1, 0.15) is 11.4 Å². The third kappa shape index (κ3) is 17.5. The van der Waals surface area contributed by atoms with E-state index in [2.05, 4.69) is 81.5 Å². The van der Waals surface area contributed by atoms with Crippen LogP contribution >= 0.6 is 31.9 Å². The number of rotatable bonds is 36. The van der Waals surface area contributed by atoms with Crippen molar-refractivity contribution in [3.63, 3.8) is 0 Å². The van der Waals surface area contributed by atoms with Gasteiger partial charge >= 0.3 is 0 Å². The standard InChI is InChI=1S/C56H88Br2N2O2/c1-5-9-13-17-21-23-27-31-35-45(33-29-25-19-15-11-7-3)43-59-51-41-47(57)37-39-49(51)55(61)53(59)54-56(62)50-40-38-48(58)42-52(50)60(54)44-46(34-30-26-20-16-12-8-4)36-32-28-24-22-18-14-10-6-2/h37-42,45-46H,5-36,43-44H2,1-4H3/b54-53+. The van der Waals surface area contributed by atoms with E-state index in [0.717, 1.165) is 44.5 Å². The molecule has 0 saturated carbocycles. The molecule has 0 N–H and O–H groups in total. The number of unbranched alkanes of at least 4 members (excludes halogenated alkanes) is 24. The van der Waals surface area contributed by atoms with Gasteiger partial charge in [0.2, 0.25) is 11.6 Å². The molecule has 2 heterocycles. The highest BCUT2D eigenvalue weighted by Crippen LogP contribution is 2.45. The molecule has 0 bridgehead atoms. The zero-order valence-electron chi connectivity index (χ0n) is 40.1. The molecule has 2 aliphatic heterocycles. The van der Waals surface area contributed by atoms with Crippen molar-refractivity contribution in [3.8, 4) is 0 Å². The summed E-state index contributed by atoms with van der Waals surface area (Å²) < 4.78 is 1.95. The van der Waals surface area contributed by atoms with E-state index in [4.69, 9.17) is 0 Å². The number of halogens is 2. The first kappa shape index (κ1) is 52.7. The van der Waals surface area contributed by atoms with E-state index >= 15 is 0 Å². The van der Waals surface area contributed by atoms with Gasteiger partial charge < -0.3 is 9.80 Å². The number of allylic oxidation sites excluding steroid dienone is 2. The number of ketones is 2. The summed E-state index contributed by atoms with van der Waals surface area (Å²) in [5, 5.41) is 0. The number of fused-ring (bicyclic) bond motifs is 2. The average Bonchev–Trinajstić information content (AvgIpc) is 3.68. The molecule has 0 aliphatic carbocycles. The topological polar surface area (TPSA) is 40.6 Å². The fourth-order valence-corrected chi connectivity index (χ4v) is 10.9. The molecule has 2 aliphatic rings. The number of nitrogens with zero attached hydrogens (tertiary/aromatic N) is 2. The van der Waals surface area contributed by atoms with E-state index in [1.807, 2.05) is 24.3 Å². The van der Waals surface area contributed by atoms with Gasteiger partial charge in [0.05, 0.1) is 11.4 Å². The molecule has 0 fully saturated rings. The smallest absolute Gasteiger partial charge is 0.213 e. The number of anilines is 2. The normalized spacial score (nSPS) is 15.8. The Morgan fingerprint density at radius 2 is 0.645 bits per heavy atom. The van der Waals surface area contributed by atoms with Crippen LogP contribution in [-0.4, -0.2) is 24.7 Å². The molecule has 4 nitrogen and oxygen atoms in total. The Labute approximate surface area is 397 Å². The van der Waals surface area contributed by atoms with Gasteiger partial charge in [0, 0.05) is 33.2 Å². The van der Waals surface area contributed by atoms with Crippen molar-refractivity contribution in [3.05, 3.63) is 67.9 Å². The second-order valence-electron chi connectivity index (χ2n) is 19.3. The third-order valence-corrected chi connectivity index (χ3v) is 14.9. The summed E-state index contributed by atoms with van der Waals surface area (Å²) in [6.45, 7) is 10.7. The van der Waals surface area contributed by atoms with E-state index in [9.17, 15) is 9.59 Å². The molecule has 0 spiro atoms. The second-order valence-corrected chi connectivity index (χ2v) is 21.1. The lowest BCUT2D eigenvalue weighted by Crippen LogP contribution is -2.35. The Kier molecular flexibility index (Phi) is 26.4. The highest BCUT2D eigenvalue weighted by Gasteiger charge is 2.44. The van der Waals surface area contributed by atoms with Gasteiger partial charge in [0.15, 0.2) is 0 Å². The van der Waals surface area contributed by atoms with E-state index in [-0.39, 0.29) is 11.6 Å². The first-order valence-electron chi connectivity index (χ1n) is 26.3. The van der Waals surface area contributed by atoms with Crippen LogP contribution < -0.4 is 9.80 Å². The quantitative estimate of drug-likeness (QED) is 0.0504. The fourth-order valence-electron chi connectivity index (χ4n) is 10.2. The molecule has 2 aromatic rings. The predicted octanol–water partition coefficient (Wildman–Crippen LogP) is 18.9. The summed E-state index contributed by atoms with van der Waals surface area (Å²) >= 11 is 7.56. The molecule has 4 rings (SSSR count). The summed E-state index contributed by atoms with van der Waals surface area (Å²) in [5.74, 6) is 0.930. The minimum Gasteiger partial charge on any atom is -0.336 e. The predicted molar refractivity (Wildman–Crippen MR) is 276 cm³/mol. The zero-order valence-corrected chi connectivity index (χ0v) is 43.3. The van der Waals surface area contributed by atoms with Gasteiger partial charge in [-0.1, -0.05) is 239 Å². The number of carbonyl (C=O) groups excluding carboxylic acids is 2. The zero-order chi connectivity index (χ0) is 44.4. The third-order valence-electron chi connectivity index (χ3n) is 13.9. The Balaban J connectivity index is 1.66. The second kappa shape index (κ2) is 31.1. The Hall–Kier alpha value is -1.92. The SMILES string of the molecule is CCCCCCCCCCC(CCCCCCCC)CN1/C(=C2\C(=O)c3ccc(Br)cc3N2CC(CCCCCCCC)CCCCCCCCCC)C(=O)c2ccc(Br)cc21. The van der Waals surface area contributed by atoms with Crippen molar-refractivity contribution in [1.82, 2.24) is 0 Å². The maximum Gasteiger partial charge on any atom is 0.213 e. The van der Waals surface area contributed by atoms with Crippen LogP contribution in [0.5, 0.6) is 0 Å². The highest BCUT2D eigenvalue weighted by atomic mass is 79.9. The van der Waals surface area contributed by atoms with Gasteiger partial charge in [-0.15, -0.1) is 0 Å². The highest BCUT2D eigenvalue weighted by molar-refractivity contribution is 9.10. The van der Waals surface area contributed by atoms with E-state index < -0.39 is 0 Å². The van der Waals surface area contributed by atoms with Crippen molar-refractivity contribution in [1.29, 1.82) is 0 Å². The van der Waals surface area contributed by atoms with Gasteiger partial charge in [-0.2, -0.15) is 0 Å². The van der Waals surface area contributed by atoms with Gasteiger partial charge in [-0.05, 0) is 73.9 Å². The summed E-state index contributed by atoms with van der Waals surface area (Å²) in [6, 6.07) is 12.2. The van der Waals surface area contributed by atoms with Crippen molar-refractivity contribution in [2.45, 2.75) is 233 Å². The van der Waals surface area contributed by atoms with Crippen molar-refractivity contribution in [2.24, 2.45) is 11.8 Å². The molecular weight excluding hydrogens is 892 g/mol. The van der Waals surface area contributed by atoms with Crippen molar-refractivity contribution >= 4 is 54.8 Å². The Bertz CT molecular complexity index is 1500. The molecule has 2 unspecified atom stereocenters. The lowest BCUT2D eigenvalue weighted by Gasteiger charge is -2.31. The van der Waals surface area contributed by atoms with Gasteiger partial charge in [-0.25, -0.2) is 0 Å². The lowest BCUT2D eigenvalue weighted by atomic mass is 9.92. The van der Waals surface area contributed by atoms with E-state index in [0.29, 0.717) is 23.2 Å². The largest absolute Gasteiger partial charge is 0.336 e. The summed E-state index contributed by atoms with van der Waals surface area (Å²) in [4.78, 5) is 34.6. The number of carbonyl (C=O) groups is 2. The molecule has 2 atom stereocenters. The minimum absolute atomic E-state index is 0.00802. The van der Waals surface area contributed by atoms with Crippen molar-refractivity contribution < 1.29 is 9.59 Å². The van der Waals surface area contributed by atoms with Crippen LogP contribution in [0.3, 0.4) is 0 Å². The number of Topliss-reactive ketones (excluding diaryl/α,β-unsaturated/α-hetero) is 2. The number of hydrogen-bond donors (Lipinski definition) is 0. The van der Waals surface area contributed by atoms with Crippen LogP contribution in [0.15, 0.2) is 56.7 Å². The van der Waals surface area contributed by atoms with Crippen LogP contribution in [0.25, 0.3) is 0 Å². The minimum atomic E-state index is 0.00802. The molecule has 348 valence electrons. The first-order valence-corrected chi connectivity index (χ1v) is 27.9. The summed E-state index contributed by atoms with van der Waals surface area (Å²) in [5.41, 5.74) is 4.61. The molecule has 0 aromatic heterocycles. The summed E-state index contributed by atoms with van der Waals surface area (Å²) in [7, 11) is 0. The van der Waals surface area contributed by atoms with Gasteiger partial charge in [-0.3, -0.25) is 9.59 Å². The molecular formula is C56H88Br2N2O2. The van der Waals surface area contributed by atoms with Crippen LogP contribution in [0, 0.1) is 11.8 Å². The molecule has 6 heteroatoms. The number of hydrogen-bond acceptors (Lipinski definition) is 4. The van der Waals surface area contributed by atoms with Gasteiger partial charge in [0.25, 0.3) is 0 Å². The monoisotopic (exact) mass is 979 g/mol. The molecule has 0 radical (unpaired) electrons. The Morgan fingerprint density at radius 3 is 0.919 bits per heavy atom. The van der Waals surface area contributed by atoms with Crippen LogP contribution in [0.2, 0.25) is 0 Å². The molecule has 62 heavy (non-hydrogen) atoms. The lowest BCUT2D eigenvalue weighted by molar-refractivity contribution is 0.100. The molecule has 2 aromatic carbocycles. The molecule has 0 saturated heterocycles.